The van der Waals surface area contributed by atoms with E-state index in [4.69, 9.17) is 0 Å². The highest BCUT2D eigenvalue weighted by Gasteiger charge is 2.12. The Morgan fingerprint density at radius 2 is 1.80 bits per heavy atom. The minimum absolute atomic E-state index is 0.00965. The lowest BCUT2D eigenvalue weighted by Crippen LogP contribution is -2.15. The zero-order valence-corrected chi connectivity index (χ0v) is 7.55. The lowest BCUT2D eigenvalue weighted by molar-refractivity contribution is 0.352. The van der Waals surface area contributed by atoms with E-state index in [-0.39, 0.29) is 5.54 Å². The van der Waals surface area contributed by atoms with Crippen LogP contribution in [0.4, 0.5) is 0 Å². The van der Waals surface area contributed by atoms with Crippen LogP contribution < -0.4 is 0 Å². The van der Waals surface area contributed by atoms with Gasteiger partial charge in [0.1, 0.15) is 0 Å². The molecule has 0 saturated carbocycles. The smallest absolute Gasteiger partial charge is 0.0778 e. The first-order chi connectivity index (χ1) is 4.48. The molecule has 10 heavy (non-hydrogen) atoms. The molecule has 0 bridgehead atoms. The predicted octanol–water partition coefficient (Wildman–Crippen LogP) is 2.10. The van der Waals surface area contributed by atoms with Gasteiger partial charge < -0.3 is 0 Å². The van der Waals surface area contributed by atoms with Crippen LogP contribution in [0.2, 0.25) is 0 Å². The molecule has 60 valence electrons. The molecule has 0 aliphatic heterocycles. The topological polar surface area (TPSA) is 28.0 Å². The minimum Gasteiger partial charge on any atom is -0.285 e. The van der Waals surface area contributed by atoms with E-state index in [1.807, 2.05) is 14.1 Å². The van der Waals surface area contributed by atoms with Crippen LogP contribution in [0.15, 0.2) is 10.3 Å². The number of hydrogen-bond acceptors (Lipinski definition) is 2. The molecule has 0 rings (SSSR count). The van der Waals surface area contributed by atoms with Gasteiger partial charge in [-0.2, -0.15) is 5.11 Å². The maximum absolute atomic E-state index is 4.12. The maximum Gasteiger partial charge on any atom is 0.0778 e. The van der Waals surface area contributed by atoms with Gasteiger partial charge in [0.15, 0.2) is 0 Å². The molecule has 0 saturated heterocycles. The van der Waals surface area contributed by atoms with Gasteiger partial charge in [0.25, 0.3) is 0 Å². The van der Waals surface area contributed by atoms with Crippen molar-refractivity contribution < 1.29 is 0 Å². The van der Waals surface area contributed by atoms with Crippen LogP contribution in [0.1, 0.15) is 27.2 Å². The van der Waals surface area contributed by atoms with Crippen molar-refractivity contribution >= 4 is 0 Å². The summed E-state index contributed by atoms with van der Waals surface area (Å²) in [5, 5.41) is 9.76. The van der Waals surface area contributed by atoms with Crippen LogP contribution in [0, 0.1) is 0 Å². The van der Waals surface area contributed by atoms with E-state index in [0.29, 0.717) is 0 Å². The number of rotatable bonds is 3. The average molecular weight is 143 g/mol. The van der Waals surface area contributed by atoms with Gasteiger partial charge in [0.05, 0.1) is 5.54 Å². The molecular formula is C7H17N3. The SMILES string of the molecule is CCC(C)(C)N=NN(C)C. The summed E-state index contributed by atoms with van der Waals surface area (Å²) in [6, 6.07) is 0. The van der Waals surface area contributed by atoms with Crippen molar-refractivity contribution in [1.29, 1.82) is 0 Å². The van der Waals surface area contributed by atoms with Gasteiger partial charge in [0.2, 0.25) is 0 Å². The van der Waals surface area contributed by atoms with Gasteiger partial charge in [0, 0.05) is 14.1 Å². The number of hydrogen-bond donors (Lipinski definition) is 0. The highest BCUT2D eigenvalue weighted by molar-refractivity contribution is 4.71. The summed E-state index contributed by atoms with van der Waals surface area (Å²) >= 11 is 0. The largest absolute Gasteiger partial charge is 0.285 e. The van der Waals surface area contributed by atoms with Gasteiger partial charge in [-0.05, 0) is 20.3 Å². The van der Waals surface area contributed by atoms with Crippen LogP contribution >= 0.6 is 0 Å². The minimum atomic E-state index is -0.00965. The Balaban J connectivity index is 3.86. The van der Waals surface area contributed by atoms with Crippen molar-refractivity contribution in [1.82, 2.24) is 5.01 Å². The molecule has 0 fully saturated rings. The van der Waals surface area contributed by atoms with E-state index in [0.717, 1.165) is 6.42 Å². The highest BCUT2D eigenvalue weighted by atomic mass is 15.5. The quantitative estimate of drug-likeness (QED) is 0.439. The fraction of sp³-hybridized carbons (Fsp3) is 1.00. The normalized spacial score (nSPS) is 12.5. The van der Waals surface area contributed by atoms with Crippen molar-refractivity contribution in [3.8, 4) is 0 Å². The Hall–Kier alpha value is -0.600. The molecule has 3 heteroatoms. The summed E-state index contributed by atoms with van der Waals surface area (Å²) in [5.74, 6) is 0. The Morgan fingerprint density at radius 1 is 1.30 bits per heavy atom. The molecule has 0 aromatic heterocycles. The van der Waals surface area contributed by atoms with Crippen LogP contribution in [0.3, 0.4) is 0 Å². The summed E-state index contributed by atoms with van der Waals surface area (Å²) in [6.45, 7) is 6.24. The third-order valence-corrected chi connectivity index (χ3v) is 1.36. The standard InChI is InChI=1S/C7H17N3/c1-6-7(2,3)8-9-10(4)5/h6H2,1-5H3. The monoisotopic (exact) mass is 143 g/mol. The van der Waals surface area contributed by atoms with Gasteiger partial charge in [-0.15, -0.1) is 0 Å². The zero-order chi connectivity index (χ0) is 8.20. The third kappa shape index (κ3) is 4.30. The van der Waals surface area contributed by atoms with E-state index < -0.39 is 0 Å². The highest BCUT2D eigenvalue weighted by Crippen LogP contribution is 2.13. The maximum atomic E-state index is 4.12. The number of nitrogens with zero attached hydrogens (tertiary/aromatic N) is 3. The van der Waals surface area contributed by atoms with E-state index in [1.165, 1.54) is 0 Å². The lowest BCUT2D eigenvalue weighted by atomic mass is 10.0. The van der Waals surface area contributed by atoms with Crippen molar-refractivity contribution in [2.45, 2.75) is 32.7 Å². The van der Waals surface area contributed by atoms with E-state index in [9.17, 15) is 0 Å². The van der Waals surface area contributed by atoms with Gasteiger partial charge in [-0.25, -0.2) is 0 Å². The summed E-state index contributed by atoms with van der Waals surface area (Å²) < 4.78 is 0. The zero-order valence-electron chi connectivity index (χ0n) is 7.55. The van der Waals surface area contributed by atoms with Gasteiger partial charge in [-0.1, -0.05) is 12.1 Å². The van der Waals surface area contributed by atoms with Gasteiger partial charge in [-0.3, -0.25) is 5.01 Å². The second-order valence-corrected chi connectivity index (χ2v) is 3.20. The van der Waals surface area contributed by atoms with Crippen molar-refractivity contribution in [3.05, 3.63) is 0 Å². The first-order valence-electron chi connectivity index (χ1n) is 3.58. The second-order valence-electron chi connectivity index (χ2n) is 3.20. The Bertz CT molecular complexity index is 116. The molecular weight excluding hydrogens is 126 g/mol. The van der Waals surface area contributed by atoms with Crippen LogP contribution in [-0.2, 0) is 0 Å². The summed E-state index contributed by atoms with van der Waals surface area (Å²) in [7, 11) is 3.74. The molecule has 0 N–H and O–H groups in total. The molecule has 0 aliphatic rings. The Labute approximate surface area is 63.1 Å². The first-order valence-corrected chi connectivity index (χ1v) is 3.58. The molecule has 0 heterocycles. The van der Waals surface area contributed by atoms with Crippen molar-refractivity contribution in [2.75, 3.05) is 14.1 Å². The first kappa shape index (κ1) is 9.40. The van der Waals surface area contributed by atoms with Crippen molar-refractivity contribution in [2.24, 2.45) is 10.3 Å². The van der Waals surface area contributed by atoms with Crippen LogP contribution in [0.25, 0.3) is 0 Å². The van der Waals surface area contributed by atoms with Crippen LogP contribution in [0.5, 0.6) is 0 Å². The second kappa shape index (κ2) is 3.54. The van der Waals surface area contributed by atoms with E-state index in [1.54, 1.807) is 5.01 Å². The van der Waals surface area contributed by atoms with Gasteiger partial charge >= 0.3 is 0 Å². The van der Waals surface area contributed by atoms with Crippen LogP contribution in [-0.4, -0.2) is 24.6 Å². The molecule has 0 spiro atoms. The molecule has 0 amide bonds. The van der Waals surface area contributed by atoms with Crippen molar-refractivity contribution in [3.63, 3.8) is 0 Å². The van der Waals surface area contributed by atoms with E-state index in [2.05, 4.69) is 31.1 Å². The van der Waals surface area contributed by atoms with E-state index >= 15 is 0 Å². The molecule has 0 aromatic carbocycles. The molecule has 0 aliphatic carbocycles. The summed E-state index contributed by atoms with van der Waals surface area (Å²) in [5.41, 5.74) is -0.00965. The molecule has 0 unspecified atom stereocenters. The Morgan fingerprint density at radius 3 is 2.10 bits per heavy atom. The molecule has 3 nitrogen and oxygen atoms in total. The molecule has 0 aromatic rings. The predicted molar refractivity (Wildman–Crippen MR) is 42.9 cm³/mol. The molecule has 0 atom stereocenters. The average Bonchev–Trinajstić information content (AvgIpc) is 1.85. The fourth-order valence-corrected chi connectivity index (χ4v) is 0.281. The fourth-order valence-electron chi connectivity index (χ4n) is 0.281. The Kier molecular flexibility index (Phi) is 3.33. The molecule has 0 radical (unpaired) electrons. The summed E-state index contributed by atoms with van der Waals surface area (Å²) in [4.78, 5) is 0. The third-order valence-electron chi connectivity index (χ3n) is 1.36. The lowest BCUT2D eigenvalue weighted by Gasteiger charge is -2.15. The summed E-state index contributed by atoms with van der Waals surface area (Å²) in [6.07, 6.45) is 1.02.